The molecule has 2 amide bonds. The van der Waals surface area contributed by atoms with Crippen LogP contribution in [0.5, 0.6) is 5.75 Å². The van der Waals surface area contributed by atoms with Gasteiger partial charge in [0.2, 0.25) is 0 Å². The SMILES string of the molecule is Cc1cc(NC(=O)C(O)c2cccc3c2OCC3)ccc1-c1cnc(N)c(C(=O)NC(C)C)c1. The van der Waals surface area contributed by atoms with E-state index in [1.165, 1.54) is 0 Å². The summed E-state index contributed by atoms with van der Waals surface area (Å²) < 4.78 is 5.61. The highest BCUT2D eigenvalue weighted by atomic mass is 16.5. The molecule has 0 fully saturated rings. The quantitative estimate of drug-likeness (QED) is 0.447. The van der Waals surface area contributed by atoms with E-state index in [-0.39, 0.29) is 17.8 Å². The number of nitrogen functional groups attached to an aromatic ring is 1. The molecule has 0 aliphatic carbocycles. The van der Waals surface area contributed by atoms with Crippen LogP contribution in [0.25, 0.3) is 11.1 Å². The Kier molecular flexibility index (Phi) is 6.51. The normalized spacial score (nSPS) is 13.2. The molecular formula is C26H28N4O4. The predicted octanol–water partition coefficient (Wildman–Crippen LogP) is 3.38. The molecule has 1 unspecified atom stereocenters. The van der Waals surface area contributed by atoms with E-state index in [1.54, 1.807) is 30.5 Å². The largest absolute Gasteiger partial charge is 0.493 e. The summed E-state index contributed by atoms with van der Waals surface area (Å²) in [6, 6.07) is 12.5. The molecule has 1 aliphatic heterocycles. The number of hydrogen-bond acceptors (Lipinski definition) is 6. The topological polar surface area (TPSA) is 127 Å². The lowest BCUT2D eigenvalue weighted by atomic mass is 9.99. The summed E-state index contributed by atoms with van der Waals surface area (Å²) in [6.07, 6.45) is 1.03. The average molecular weight is 461 g/mol. The third kappa shape index (κ3) is 4.72. The molecule has 1 atom stereocenters. The van der Waals surface area contributed by atoms with Crippen LogP contribution in [0.4, 0.5) is 11.5 Å². The van der Waals surface area contributed by atoms with Crippen molar-refractivity contribution in [2.45, 2.75) is 39.3 Å². The number of para-hydroxylation sites is 1. The lowest BCUT2D eigenvalue weighted by Crippen LogP contribution is -2.30. The van der Waals surface area contributed by atoms with E-state index in [0.717, 1.165) is 28.7 Å². The van der Waals surface area contributed by atoms with Crippen LogP contribution in [0.2, 0.25) is 0 Å². The lowest BCUT2D eigenvalue weighted by Gasteiger charge is -2.16. The van der Waals surface area contributed by atoms with E-state index in [0.29, 0.717) is 29.2 Å². The number of nitrogens with zero attached hydrogens (tertiary/aromatic N) is 1. The number of nitrogens with one attached hydrogen (secondary N) is 2. The molecule has 0 spiro atoms. The van der Waals surface area contributed by atoms with Crippen molar-refractivity contribution in [2.24, 2.45) is 0 Å². The zero-order valence-electron chi connectivity index (χ0n) is 19.4. The fraction of sp³-hybridized carbons (Fsp3) is 0.269. The van der Waals surface area contributed by atoms with Crippen LogP contribution in [-0.4, -0.2) is 34.6 Å². The zero-order valence-corrected chi connectivity index (χ0v) is 19.4. The number of rotatable bonds is 6. The van der Waals surface area contributed by atoms with E-state index in [4.69, 9.17) is 10.5 Å². The first-order valence-electron chi connectivity index (χ1n) is 11.2. The molecule has 34 heavy (non-hydrogen) atoms. The number of hydrogen-bond donors (Lipinski definition) is 4. The van der Waals surface area contributed by atoms with Crippen molar-refractivity contribution in [2.75, 3.05) is 17.7 Å². The predicted molar refractivity (Wildman–Crippen MR) is 131 cm³/mol. The second kappa shape index (κ2) is 9.52. The molecule has 8 nitrogen and oxygen atoms in total. The number of ether oxygens (including phenoxy) is 1. The summed E-state index contributed by atoms with van der Waals surface area (Å²) >= 11 is 0. The fourth-order valence-corrected chi connectivity index (χ4v) is 4.02. The Hall–Kier alpha value is -3.91. The van der Waals surface area contributed by atoms with Crippen LogP contribution >= 0.6 is 0 Å². The Bertz CT molecular complexity index is 1260. The highest BCUT2D eigenvalue weighted by molar-refractivity contribution is 6.00. The van der Waals surface area contributed by atoms with Crippen LogP contribution in [0.3, 0.4) is 0 Å². The van der Waals surface area contributed by atoms with E-state index < -0.39 is 12.0 Å². The second-order valence-electron chi connectivity index (χ2n) is 8.64. The van der Waals surface area contributed by atoms with Crippen LogP contribution in [0.15, 0.2) is 48.7 Å². The summed E-state index contributed by atoms with van der Waals surface area (Å²) in [5.41, 5.74) is 10.7. The van der Waals surface area contributed by atoms with Crippen molar-refractivity contribution in [3.8, 4) is 16.9 Å². The van der Waals surface area contributed by atoms with Gasteiger partial charge in [0.25, 0.3) is 11.8 Å². The third-order valence-corrected chi connectivity index (χ3v) is 5.68. The number of carbonyl (C=O) groups is 2. The highest BCUT2D eigenvalue weighted by Crippen LogP contribution is 2.34. The molecule has 5 N–H and O–H groups in total. The Morgan fingerprint density at radius 1 is 1.18 bits per heavy atom. The summed E-state index contributed by atoms with van der Waals surface area (Å²) in [5, 5.41) is 16.2. The standard InChI is InChI=1S/C26H28N4O4/c1-14(2)29-25(32)21-12-17(13-28-24(21)27)19-8-7-18(11-15(19)3)30-26(33)22(31)20-6-4-5-16-9-10-34-23(16)20/h4-8,11-14,22,31H,9-10H2,1-3H3,(H2,27,28)(H,29,32)(H,30,33). The maximum Gasteiger partial charge on any atom is 0.257 e. The summed E-state index contributed by atoms with van der Waals surface area (Å²) in [5.74, 6) is -0.0785. The van der Waals surface area contributed by atoms with Gasteiger partial charge in [-0.2, -0.15) is 0 Å². The highest BCUT2D eigenvalue weighted by Gasteiger charge is 2.25. The van der Waals surface area contributed by atoms with Gasteiger partial charge in [0.1, 0.15) is 11.6 Å². The average Bonchev–Trinajstić information content (AvgIpc) is 3.28. The van der Waals surface area contributed by atoms with Crippen LogP contribution in [0, 0.1) is 6.92 Å². The molecule has 8 heteroatoms. The van der Waals surface area contributed by atoms with Gasteiger partial charge in [-0.3, -0.25) is 9.59 Å². The first-order chi connectivity index (χ1) is 16.2. The number of fused-ring (bicyclic) bond motifs is 1. The minimum Gasteiger partial charge on any atom is -0.493 e. The van der Waals surface area contributed by atoms with Gasteiger partial charge in [-0.15, -0.1) is 0 Å². The van der Waals surface area contributed by atoms with Gasteiger partial charge in [0.15, 0.2) is 6.10 Å². The minimum absolute atomic E-state index is 0.0287. The van der Waals surface area contributed by atoms with Crippen molar-refractivity contribution in [1.29, 1.82) is 0 Å². The van der Waals surface area contributed by atoms with Crippen molar-refractivity contribution < 1.29 is 19.4 Å². The Morgan fingerprint density at radius 3 is 2.71 bits per heavy atom. The van der Waals surface area contributed by atoms with Gasteiger partial charge in [0.05, 0.1) is 12.2 Å². The maximum atomic E-state index is 12.7. The molecule has 0 bridgehead atoms. The fourth-order valence-electron chi connectivity index (χ4n) is 4.02. The first-order valence-corrected chi connectivity index (χ1v) is 11.2. The summed E-state index contributed by atoms with van der Waals surface area (Å²) in [7, 11) is 0. The molecule has 0 saturated heterocycles. The number of aliphatic hydroxyl groups excluding tert-OH is 1. The van der Waals surface area contributed by atoms with Crippen LogP contribution < -0.4 is 21.1 Å². The number of nitrogens with two attached hydrogens (primary N) is 1. The molecule has 2 heterocycles. The Balaban J connectivity index is 1.53. The monoisotopic (exact) mass is 460 g/mol. The Morgan fingerprint density at radius 2 is 1.97 bits per heavy atom. The number of anilines is 2. The number of pyridine rings is 1. The number of carbonyl (C=O) groups excluding carboxylic acids is 2. The van der Waals surface area contributed by atoms with Gasteiger partial charge in [-0.1, -0.05) is 24.3 Å². The van der Waals surface area contributed by atoms with Gasteiger partial charge in [-0.05, 0) is 55.7 Å². The molecule has 176 valence electrons. The number of aryl methyl sites for hydroxylation is 1. The first kappa shape index (κ1) is 23.3. The summed E-state index contributed by atoms with van der Waals surface area (Å²) in [4.78, 5) is 29.4. The summed E-state index contributed by atoms with van der Waals surface area (Å²) in [6.45, 7) is 6.18. The van der Waals surface area contributed by atoms with Gasteiger partial charge < -0.3 is 26.2 Å². The van der Waals surface area contributed by atoms with E-state index in [2.05, 4.69) is 15.6 Å². The van der Waals surface area contributed by atoms with Crippen molar-refractivity contribution >= 4 is 23.3 Å². The Labute approximate surface area is 198 Å². The molecule has 1 aromatic heterocycles. The molecule has 4 rings (SSSR count). The number of amides is 2. The number of aromatic nitrogens is 1. The maximum absolute atomic E-state index is 12.7. The molecule has 2 aromatic carbocycles. The molecule has 1 aliphatic rings. The minimum atomic E-state index is -1.35. The van der Waals surface area contributed by atoms with Crippen molar-refractivity contribution in [3.05, 3.63) is 70.9 Å². The third-order valence-electron chi connectivity index (χ3n) is 5.68. The van der Waals surface area contributed by atoms with E-state index in [9.17, 15) is 14.7 Å². The van der Waals surface area contributed by atoms with Crippen molar-refractivity contribution in [3.63, 3.8) is 0 Å². The van der Waals surface area contributed by atoms with Gasteiger partial charge in [0, 0.05) is 35.5 Å². The molecule has 0 saturated carbocycles. The molecule has 3 aromatic rings. The molecular weight excluding hydrogens is 432 g/mol. The van der Waals surface area contributed by atoms with Crippen LogP contribution in [-0.2, 0) is 11.2 Å². The van der Waals surface area contributed by atoms with Gasteiger partial charge in [-0.25, -0.2) is 4.98 Å². The number of benzene rings is 2. The van der Waals surface area contributed by atoms with E-state index >= 15 is 0 Å². The second-order valence-corrected chi connectivity index (χ2v) is 8.64. The smallest absolute Gasteiger partial charge is 0.257 e. The van der Waals surface area contributed by atoms with Crippen LogP contribution in [0.1, 0.15) is 47.0 Å². The van der Waals surface area contributed by atoms with Gasteiger partial charge >= 0.3 is 0 Å². The zero-order chi connectivity index (χ0) is 24.4. The number of aliphatic hydroxyl groups is 1. The van der Waals surface area contributed by atoms with Crippen molar-refractivity contribution in [1.82, 2.24) is 10.3 Å². The molecule has 0 radical (unpaired) electrons. The lowest BCUT2D eigenvalue weighted by molar-refractivity contribution is -0.124. The van der Waals surface area contributed by atoms with E-state index in [1.807, 2.05) is 39.0 Å².